The molecule has 0 spiro atoms. The molecule has 0 fully saturated rings. The van der Waals surface area contributed by atoms with Crippen molar-refractivity contribution in [3.8, 4) is 11.5 Å². The Kier molecular flexibility index (Phi) is 5.20. The summed E-state index contributed by atoms with van der Waals surface area (Å²) >= 11 is 0. The Labute approximate surface area is 184 Å². The number of ether oxygens (including phenoxy) is 2. The third kappa shape index (κ3) is 4.18. The van der Waals surface area contributed by atoms with Crippen LogP contribution in [0.4, 0.5) is 10.5 Å². The van der Waals surface area contributed by atoms with Crippen molar-refractivity contribution < 1.29 is 34.1 Å². The molecule has 0 aliphatic carbocycles. The molecule has 3 N–H and O–H groups in total. The molecule has 2 aliphatic rings. The zero-order chi connectivity index (χ0) is 23.2. The topological polar surface area (TPSA) is 125 Å². The zero-order valence-corrected chi connectivity index (χ0v) is 17.9. The number of hydrogen-bond acceptors (Lipinski definition) is 6. The van der Waals surface area contributed by atoms with Crippen molar-refractivity contribution in [2.75, 3.05) is 5.32 Å². The average molecular weight is 440 g/mol. The highest BCUT2D eigenvalue weighted by molar-refractivity contribution is 5.98. The van der Waals surface area contributed by atoms with Crippen molar-refractivity contribution >= 4 is 23.7 Å². The summed E-state index contributed by atoms with van der Waals surface area (Å²) in [6.45, 7) is 5.19. The molecule has 2 aromatic carbocycles. The number of nitrogens with one attached hydrogen (secondary N) is 1. The van der Waals surface area contributed by atoms with E-state index in [1.54, 1.807) is 45.0 Å². The van der Waals surface area contributed by atoms with Crippen LogP contribution >= 0.6 is 0 Å². The van der Waals surface area contributed by atoms with Gasteiger partial charge in [0.15, 0.2) is 0 Å². The molecule has 4 rings (SSSR count). The Hall–Kier alpha value is -3.75. The minimum Gasteiger partial charge on any atom is -0.508 e. The second-order valence-corrected chi connectivity index (χ2v) is 8.86. The Balaban J connectivity index is 1.65. The van der Waals surface area contributed by atoms with Gasteiger partial charge in [0.2, 0.25) is 6.10 Å². The average Bonchev–Trinajstić information content (AvgIpc) is 2.70. The molecule has 2 amide bonds. The monoisotopic (exact) mass is 440 g/mol. The number of anilines is 1. The standard InChI is InChI=1S/C23H24N2O7/c1-23(2,3)32-22(30)25-11-14-10-18-16(8-13(14)9-17(25)21(28)29)24-20(27)19(31-18)12-4-6-15(26)7-5-12/h4-8,10,17,19,26H,9,11H2,1-3H3,(H,24,27)(H,28,29)/t17?,19-/m0/s1. The highest BCUT2D eigenvalue weighted by Gasteiger charge is 2.38. The number of benzene rings is 2. The van der Waals surface area contributed by atoms with Gasteiger partial charge in [0, 0.05) is 12.0 Å². The van der Waals surface area contributed by atoms with Crippen LogP contribution in [0.1, 0.15) is 43.6 Å². The summed E-state index contributed by atoms with van der Waals surface area (Å²) in [6.07, 6.45) is -1.53. The molecule has 2 heterocycles. The fraction of sp³-hybridized carbons (Fsp3) is 0.348. The Morgan fingerprint density at radius 3 is 2.47 bits per heavy atom. The number of aliphatic carboxylic acids is 1. The molecule has 0 saturated heterocycles. The lowest BCUT2D eigenvalue weighted by Crippen LogP contribution is -2.50. The number of nitrogens with zero attached hydrogens (tertiary/aromatic N) is 1. The molecule has 0 aromatic heterocycles. The van der Waals surface area contributed by atoms with Gasteiger partial charge in [-0.15, -0.1) is 0 Å². The largest absolute Gasteiger partial charge is 0.508 e. The van der Waals surface area contributed by atoms with Gasteiger partial charge in [0.1, 0.15) is 23.1 Å². The van der Waals surface area contributed by atoms with Crippen LogP contribution in [0.25, 0.3) is 0 Å². The zero-order valence-electron chi connectivity index (χ0n) is 17.9. The summed E-state index contributed by atoms with van der Waals surface area (Å²) < 4.78 is 11.3. The second kappa shape index (κ2) is 7.74. The molecule has 2 aromatic rings. The molecule has 0 saturated carbocycles. The molecular formula is C23H24N2O7. The minimum atomic E-state index is -1.13. The van der Waals surface area contributed by atoms with Crippen LogP contribution in [0.15, 0.2) is 36.4 Å². The number of carbonyl (C=O) groups excluding carboxylic acids is 2. The highest BCUT2D eigenvalue weighted by Crippen LogP contribution is 2.39. The van der Waals surface area contributed by atoms with E-state index in [1.807, 2.05) is 0 Å². The first-order valence-corrected chi connectivity index (χ1v) is 10.2. The second-order valence-electron chi connectivity index (χ2n) is 8.86. The van der Waals surface area contributed by atoms with Crippen molar-refractivity contribution in [2.24, 2.45) is 0 Å². The number of fused-ring (bicyclic) bond motifs is 2. The van der Waals surface area contributed by atoms with E-state index in [4.69, 9.17) is 9.47 Å². The van der Waals surface area contributed by atoms with Crippen LogP contribution in [-0.2, 0) is 27.3 Å². The summed E-state index contributed by atoms with van der Waals surface area (Å²) in [4.78, 5) is 38.3. The maximum absolute atomic E-state index is 12.7. The number of hydrogen-bond donors (Lipinski definition) is 3. The van der Waals surface area contributed by atoms with Crippen LogP contribution < -0.4 is 10.1 Å². The first-order valence-electron chi connectivity index (χ1n) is 10.2. The predicted molar refractivity (Wildman–Crippen MR) is 113 cm³/mol. The summed E-state index contributed by atoms with van der Waals surface area (Å²) in [5.74, 6) is -1.01. The molecule has 32 heavy (non-hydrogen) atoms. The van der Waals surface area contributed by atoms with Crippen LogP contribution in [0.5, 0.6) is 11.5 Å². The lowest BCUT2D eigenvalue weighted by molar-refractivity contribution is -0.143. The highest BCUT2D eigenvalue weighted by atomic mass is 16.6. The third-order valence-corrected chi connectivity index (χ3v) is 5.28. The molecule has 0 bridgehead atoms. The number of rotatable bonds is 2. The maximum Gasteiger partial charge on any atom is 0.411 e. The van der Waals surface area contributed by atoms with E-state index in [9.17, 15) is 24.6 Å². The van der Waals surface area contributed by atoms with Crippen molar-refractivity contribution in [3.63, 3.8) is 0 Å². The van der Waals surface area contributed by atoms with Gasteiger partial charge in [0.05, 0.1) is 12.2 Å². The lowest BCUT2D eigenvalue weighted by atomic mass is 9.92. The number of amides is 2. The normalized spacial score (nSPS) is 19.8. The van der Waals surface area contributed by atoms with Crippen LogP contribution in [-0.4, -0.2) is 44.7 Å². The van der Waals surface area contributed by atoms with E-state index in [1.165, 1.54) is 17.0 Å². The summed E-state index contributed by atoms with van der Waals surface area (Å²) in [5.41, 5.74) is 1.68. The number of carboxylic acid groups (broad SMARTS) is 1. The molecule has 2 aliphatic heterocycles. The molecular weight excluding hydrogens is 416 g/mol. The summed E-state index contributed by atoms with van der Waals surface area (Å²) in [7, 11) is 0. The molecule has 168 valence electrons. The van der Waals surface area contributed by atoms with Crippen molar-refractivity contribution in [2.45, 2.75) is 51.5 Å². The van der Waals surface area contributed by atoms with E-state index in [0.29, 0.717) is 28.1 Å². The van der Waals surface area contributed by atoms with Gasteiger partial charge in [0.25, 0.3) is 5.91 Å². The molecule has 2 atom stereocenters. The van der Waals surface area contributed by atoms with Crippen molar-refractivity contribution in [1.82, 2.24) is 4.90 Å². The van der Waals surface area contributed by atoms with Gasteiger partial charge in [-0.25, -0.2) is 9.59 Å². The summed E-state index contributed by atoms with van der Waals surface area (Å²) in [6, 6.07) is 8.47. The molecule has 9 nitrogen and oxygen atoms in total. The van der Waals surface area contributed by atoms with E-state index < -0.39 is 29.8 Å². The smallest absolute Gasteiger partial charge is 0.411 e. The van der Waals surface area contributed by atoms with Crippen LogP contribution in [0, 0.1) is 0 Å². The molecule has 9 heteroatoms. The van der Waals surface area contributed by atoms with Gasteiger partial charge in [-0.1, -0.05) is 12.1 Å². The molecule has 1 unspecified atom stereocenters. The van der Waals surface area contributed by atoms with Crippen LogP contribution in [0.3, 0.4) is 0 Å². The minimum absolute atomic E-state index is 0.0374. The fourth-order valence-electron chi connectivity index (χ4n) is 3.79. The number of aromatic hydroxyl groups is 1. The number of phenolic OH excluding ortho intramolecular Hbond substituents is 1. The SMILES string of the molecule is CC(C)(C)OC(=O)N1Cc2cc3c(cc2CC1C(=O)O)NC(=O)[C@H](c1ccc(O)cc1)O3. The Morgan fingerprint density at radius 1 is 1.16 bits per heavy atom. The Bertz CT molecular complexity index is 1090. The predicted octanol–water partition coefficient (Wildman–Crippen LogP) is 3.21. The third-order valence-electron chi connectivity index (χ3n) is 5.28. The lowest BCUT2D eigenvalue weighted by Gasteiger charge is -2.36. The van der Waals surface area contributed by atoms with E-state index in [0.717, 1.165) is 0 Å². The van der Waals surface area contributed by atoms with Crippen molar-refractivity contribution in [3.05, 3.63) is 53.1 Å². The van der Waals surface area contributed by atoms with Gasteiger partial charge < -0.3 is 25.0 Å². The van der Waals surface area contributed by atoms with E-state index >= 15 is 0 Å². The van der Waals surface area contributed by atoms with Crippen molar-refractivity contribution in [1.29, 1.82) is 0 Å². The quantitative estimate of drug-likeness (QED) is 0.655. The van der Waals surface area contributed by atoms with Gasteiger partial charge in [-0.2, -0.15) is 0 Å². The van der Waals surface area contributed by atoms with Gasteiger partial charge in [-0.3, -0.25) is 9.69 Å². The van der Waals surface area contributed by atoms with E-state index in [-0.39, 0.29) is 24.6 Å². The Morgan fingerprint density at radius 2 is 1.84 bits per heavy atom. The number of carbonyl (C=O) groups is 3. The maximum atomic E-state index is 12.7. The van der Waals surface area contributed by atoms with Gasteiger partial charge in [-0.05, 0) is 56.2 Å². The summed E-state index contributed by atoms with van der Waals surface area (Å²) in [5, 5.41) is 22.0. The van der Waals surface area contributed by atoms with E-state index in [2.05, 4.69) is 5.32 Å². The number of phenols is 1. The first-order chi connectivity index (χ1) is 15.0. The fourth-order valence-corrected chi connectivity index (χ4v) is 3.79. The van der Waals surface area contributed by atoms with Crippen LogP contribution in [0.2, 0.25) is 0 Å². The first kappa shape index (κ1) is 21.5. The van der Waals surface area contributed by atoms with Gasteiger partial charge >= 0.3 is 12.1 Å². The number of carboxylic acids is 1. The molecule has 0 radical (unpaired) electrons.